The van der Waals surface area contributed by atoms with Crippen molar-refractivity contribution in [3.63, 3.8) is 0 Å². The lowest BCUT2D eigenvalue weighted by molar-refractivity contribution is -0.187. The summed E-state index contributed by atoms with van der Waals surface area (Å²) in [6.07, 6.45) is 5.26. The second kappa shape index (κ2) is 13.0. The Bertz CT molecular complexity index is 1700. The highest BCUT2D eigenvalue weighted by atomic mass is 16.5. The maximum absolute atomic E-state index is 13.1. The molecule has 5 heteroatoms. The molecule has 0 bridgehead atoms. The van der Waals surface area contributed by atoms with Crippen molar-refractivity contribution in [1.29, 1.82) is 0 Å². The summed E-state index contributed by atoms with van der Waals surface area (Å²) in [5.41, 5.74) is 2.02. The number of hydrogen-bond acceptors (Lipinski definition) is 5. The Morgan fingerprint density at radius 2 is 1.43 bits per heavy atom. The van der Waals surface area contributed by atoms with E-state index in [0.29, 0.717) is 32.5 Å². The van der Waals surface area contributed by atoms with Gasteiger partial charge in [0.15, 0.2) is 0 Å². The molecule has 4 aromatic rings. The van der Waals surface area contributed by atoms with Gasteiger partial charge in [-0.15, -0.1) is 0 Å². The Hall–Kier alpha value is -4.09. The molecule has 1 N–H and O–H groups in total. The van der Waals surface area contributed by atoms with Gasteiger partial charge in [-0.25, -0.2) is 0 Å². The smallest absolute Gasteiger partial charge is 0.311 e. The molecule has 0 amide bonds. The van der Waals surface area contributed by atoms with Gasteiger partial charge in [-0.3, -0.25) is 4.79 Å². The molecule has 0 heterocycles. The first kappa shape index (κ1) is 31.9. The Labute approximate surface area is 273 Å². The monoisotopic (exact) mass is 618 g/mol. The van der Waals surface area contributed by atoms with Crippen molar-refractivity contribution in [2.24, 2.45) is 16.7 Å². The van der Waals surface area contributed by atoms with Crippen molar-refractivity contribution in [2.45, 2.75) is 77.6 Å². The quantitative estimate of drug-likeness (QED) is 0.142. The van der Waals surface area contributed by atoms with Gasteiger partial charge in [0.2, 0.25) is 0 Å². The van der Waals surface area contributed by atoms with E-state index in [1.807, 2.05) is 55.5 Å². The number of aliphatic hydroxyl groups is 1. The maximum Gasteiger partial charge on any atom is 0.311 e. The zero-order valence-corrected chi connectivity index (χ0v) is 27.4. The van der Waals surface area contributed by atoms with Crippen LogP contribution in [0.2, 0.25) is 0 Å². The van der Waals surface area contributed by atoms with Crippen molar-refractivity contribution in [1.82, 2.24) is 0 Å². The number of ether oxygens (including phenoxy) is 3. The number of benzene rings is 4. The van der Waals surface area contributed by atoms with E-state index in [9.17, 15) is 9.90 Å². The molecule has 0 radical (unpaired) electrons. The van der Waals surface area contributed by atoms with Gasteiger partial charge < -0.3 is 19.3 Å². The van der Waals surface area contributed by atoms with Crippen molar-refractivity contribution in [2.75, 3.05) is 7.11 Å². The van der Waals surface area contributed by atoms with E-state index in [0.717, 1.165) is 70.2 Å². The van der Waals surface area contributed by atoms with Crippen LogP contribution in [0.1, 0.15) is 69.1 Å². The third-order valence-corrected chi connectivity index (χ3v) is 11.1. The number of fused-ring (bicyclic) bond motifs is 2. The van der Waals surface area contributed by atoms with Gasteiger partial charge in [0, 0.05) is 16.2 Å². The van der Waals surface area contributed by atoms with Gasteiger partial charge in [0.05, 0.1) is 18.1 Å². The van der Waals surface area contributed by atoms with E-state index >= 15 is 0 Å². The maximum atomic E-state index is 13.1. The Balaban J connectivity index is 1.29. The van der Waals surface area contributed by atoms with Crippen LogP contribution < -0.4 is 9.47 Å². The van der Waals surface area contributed by atoms with Gasteiger partial charge in [-0.2, -0.15) is 0 Å². The predicted octanol–water partition coefficient (Wildman–Crippen LogP) is 9.00. The van der Waals surface area contributed by atoms with Gasteiger partial charge in [0.25, 0.3) is 0 Å². The van der Waals surface area contributed by atoms with Crippen LogP contribution in [-0.2, 0) is 29.2 Å². The van der Waals surface area contributed by atoms with E-state index in [1.54, 1.807) is 0 Å². The number of aryl methyl sites for hydroxylation is 1. The number of esters is 1. The minimum Gasteiger partial charge on any atom is -0.488 e. The minimum absolute atomic E-state index is 0.0237. The third kappa shape index (κ3) is 5.82. The summed E-state index contributed by atoms with van der Waals surface area (Å²) >= 11 is 0. The van der Waals surface area contributed by atoms with Crippen molar-refractivity contribution < 1.29 is 24.1 Å². The van der Waals surface area contributed by atoms with Crippen LogP contribution in [0.25, 0.3) is 10.8 Å². The molecule has 2 aliphatic carbocycles. The molecule has 0 saturated heterocycles. The summed E-state index contributed by atoms with van der Waals surface area (Å²) in [6.45, 7) is 9.54. The summed E-state index contributed by atoms with van der Waals surface area (Å²) in [6, 6.07) is 30.7. The highest BCUT2D eigenvalue weighted by Crippen LogP contribution is 2.63. The van der Waals surface area contributed by atoms with Crippen LogP contribution in [-0.4, -0.2) is 23.8 Å². The van der Waals surface area contributed by atoms with E-state index in [1.165, 1.54) is 7.11 Å². The van der Waals surface area contributed by atoms with Gasteiger partial charge in [-0.1, -0.05) is 92.7 Å². The molecule has 0 aliphatic heterocycles. The molecule has 2 saturated carbocycles. The SMILES string of the molecule is C=C1CC[C@@H]2[C@](C)(CCC[C@]2(C)C(=O)OC)[C@]1(O)CCc1ccc2c(OCc3ccccc3)ccc(OCc3ccccc3)c2c1. The van der Waals surface area contributed by atoms with Crippen molar-refractivity contribution in [3.8, 4) is 11.5 Å². The fraction of sp³-hybridized carbons (Fsp3) is 0.390. The van der Waals surface area contributed by atoms with Gasteiger partial charge in [0.1, 0.15) is 24.7 Å². The Morgan fingerprint density at radius 3 is 2.04 bits per heavy atom. The lowest BCUT2D eigenvalue weighted by Gasteiger charge is -2.61. The second-order valence-electron chi connectivity index (χ2n) is 13.7. The number of hydrogen-bond donors (Lipinski definition) is 1. The standard InChI is InChI=1S/C41H46O5/c1-29-16-21-37-39(2,38(42)44-4)23-11-24-40(37,3)41(29,43)25-22-30-17-18-33-34(26-30)36(46-28-32-14-9-6-10-15-32)20-19-35(33)45-27-31-12-7-5-8-13-31/h5-10,12-15,17-20,26,37,43H,1,11,16,21-25,27-28H2,2-4H3/t37-,39-,40-,41-/m0/s1. The number of carbonyl (C=O) groups excluding carboxylic acids is 1. The number of methoxy groups -OCH3 is 1. The molecule has 6 rings (SSSR count). The lowest BCUT2D eigenvalue weighted by Crippen LogP contribution is -2.62. The normalized spacial score (nSPS) is 25.9. The summed E-state index contributed by atoms with van der Waals surface area (Å²) in [5, 5.41) is 14.5. The summed E-state index contributed by atoms with van der Waals surface area (Å²) in [5.74, 6) is 1.45. The van der Waals surface area contributed by atoms with Crippen LogP contribution in [0.4, 0.5) is 0 Å². The molecule has 4 aromatic carbocycles. The second-order valence-corrected chi connectivity index (χ2v) is 13.7. The van der Waals surface area contributed by atoms with E-state index < -0.39 is 16.4 Å². The first-order valence-corrected chi connectivity index (χ1v) is 16.6. The Kier molecular flexibility index (Phi) is 8.98. The Morgan fingerprint density at radius 1 is 0.826 bits per heavy atom. The highest BCUT2D eigenvalue weighted by molar-refractivity contribution is 5.93. The van der Waals surface area contributed by atoms with Gasteiger partial charge in [-0.05, 0) is 91.8 Å². The summed E-state index contributed by atoms with van der Waals surface area (Å²) in [4.78, 5) is 13.1. The molecule has 240 valence electrons. The highest BCUT2D eigenvalue weighted by Gasteiger charge is 2.63. The molecule has 0 aromatic heterocycles. The number of rotatable bonds is 10. The van der Waals surface area contributed by atoms with Crippen LogP contribution in [0.3, 0.4) is 0 Å². The summed E-state index contributed by atoms with van der Waals surface area (Å²) < 4.78 is 18.0. The largest absolute Gasteiger partial charge is 0.488 e. The van der Waals surface area contributed by atoms with Gasteiger partial charge >= 0.3 is 5.97 Å². The zero-order valence-electron chi connectivity index (χ0n) is 27.4. The molecule has 0 unspecified atom stereocenters. The average Bonchev–Trinajstić information content (AvgIpc) is 3.08. The topological polar surface area (TPSA) is 65.0 Å². The summed E-state index contributed by atoms with van der Waals surface area (Å²) in [7, 11) is 1.48. The molecular weight excluding hydrogens is 572 g/mol. The predicted molar refractivity (Wildman–Crippen MR) is 183 cm³/mol. The first-order valence-electron chi connectivity index (χ1n) is 16.6. The molecule has 0 spiro atoms. The van der Waals surface area contributed by atoms with E-state index in [2.05, 4.69) is 56.0 Å². The van der Waals surface area contributed by atoms with Crippen molar-refractivity contribution in [3.05, 3.63) is 120 Å². The fourth-order valence-electron chi connectivity index (χ4n) is 8.42. The molecule has 5 nitrogen and oxygen atoms in total. The molecule has 46 heavy (non-hydrogen) atoms. The van der Waals surface area contributed by atoms with Crippen molar-refractivity contribution >= 4 is 16.7 Å². The molecule has 2 fully saturated rings. The lowest BCUT2D eigenvalue weighted by atomic mass is 9.45. The molecule has 2 aliphatic rings. The van der Waals surface area contributed by atoms with Crippen LogP contribution in [0.5, 0.6) is 11.5 Å². The molecule has 4 atom stereocenters. The number of carbonyl (C=O) groups is 1. The first-order chi connectivity index (χ1) is 22.2. The van der Waals surface area contributed by atoms with E-state index in [4.69, 9.17) is 14.2 Å². The van der Waals surface area contributed by atoms with Crippen LogP contribution in [0, 0.1) is 16.7 Å². The van der Waals surface area contributed by atoms with Crippen LogP contribution >= 0.6 is 0 Å². The molecular formula is C41H46O5. The minimum atomic E-state index is -1.09. The zero-order chi connectivity index (χ0) is 32.4. The average molecular weight is 619 g/mol. The van der Waals surface area contributed by atoms with Crippen LogP contribution in [0.15, 0.2) is 103 Å². The third-order valence-electron chi connectivity index (χ3n) is 11.1. The van der Waals surface area contributed by atoms with E-state index in [-0.39, 0.29) is 11.9 Å². The fourth-order valence-corrected chi connectivity index (χ4v) is 8.42.